The molecule has 3 aliphatic carbocycles. The van der Waals surface area contributed by atoms with E-state index in [0.29, 0.717) is 41.8 Å². The maximum Gasteiger partial charge on any atom is 0.347 e. The number of rotatable bonds is 7. The van der Waals surface area contributed by atoms with Gasteiger partial charge in [0.05, 0.1) is 12.7 Å². The van der Waals surface area contributed by atoms with Gasteiger partial charge in [-0.05, 0) is 124 Å². The van der Waals surface area contributed by atoms with Gasteiger partial charge < -0.3 is 34.6 Å². The molecule has 5 unspecified atom stereocenters. The molecule has 0 aromatic heterocycles. The van der Waals surface area contributed by atoms with Crippen molar-refractivity contribution in [2.24, 2.45) is 17.3 Å². The summed E-state index contributed by atoms with van der Waals surface area (Å²) in [5, 5.41) is 39.3. The first-order valence-electron chi connectivity index (χ1n) is 17.3. The van der Waals surface area contributed by atoms with Gasteiger partial charge in [0.2, 0.25) is 0 Å². The van der Waals surface area contributed by atoms with Crippen LogP contribution in [0, 0.1) is 38.0 Å². The second kappa shape index (κ2) is 14.7. The zero-order valence-electron chi connectivity index (χ0n) is 29.9. The Bertz CT molecular complexity index is 1880. The average Bonchev–Trinajstić information content (AvgIpc) is 3.42. The number of carbonyl (C=O) groups excluding carboxylic acids is 3. The fraction of sp³-hybridized carbons (Fsp3) is 0.450. The number of phenols is 3. The molecule has 0 spiro atoms. The number of ether oxygens (including phenoxy) is 3. The summed E-state index contributed by atoms with van der Waals surface area (Å²) in [6, 6.07) is 8.66. The second-order valence-corrected chi connectivity index (χ2v) is 14.1. The molecule has 0 bridgehead atoms. The Labute approximate surface area is 297 Å². The maximum absolute atomic E-state index is 12.6. The second-order valence-electron chi connectivity index (χ2n) is 14.1. The maximum atomic E-state index is 12.6. The monoisotopic (exact) mass is 702 g/mol. The van der Waals surface area contributed by atoms with E-state index in [9.17, 15) is 39.6 Å². The summed E-state index contributed by atoms with van der Waals surface area (Å²) in [5.74, 6) is -1.06. The number of hydrogen-bond donors (Lipinski definition) is 4. The Balaban J connectivity index is 0.000000199. The molecule has 0 heterocycles. The Kier molecular flexibility index (Phi) is 10.7. The third-order valence-electron chi connectivity index (χ3n) is 11.3. The molecular formula is C40H46O11. The van der Waals surface area contributed by atoms with Crippen LogP contribution in [-0.2, 0) is 16.0 Å². The van der Waals surface area contributed by atoms with Gasteiger partial charge in [-0.1, -0.05) is 19.9 Å². The number of esters is 2. The van der Waals surface area contributed by atoms with Crippen molar-refractivity contribution in [1.82, 2.24) is 0 Å². The third kappa shape index (κ3) is 6.86. The molecule has 6 rings (SSSR count). The van der Waals surface area contributed by atoms with E-state index in [0.717, 1.165) is 19.3 Å². The van der Waals surface area contributed by atoms with Crippen LogP contribution in [0.15, 0.2) is 30.3 Å². The number of methoxy groups -OCH3 is 1. The highest BCUT2D eigenvalue weighted by molar-refractivity contribution is 6.00. The number of aromatic carboxylic acids is 1. The number of hydrogen-bond acceptors (Lipinski definition) is 10. The summed E-state index contributed by atoms with van der Waals surface area (Å²) in [7, 11) is 1.31. The van der Waals surface area contributed by atoms with Gasteiger partial charge in [-0.25, -0.2) is 9.59 Å². The normalized spacial score (nSPS) is 23.0. The van der Waals surface area contributed by atoms with Gasteiger partial charge in [0, 0.05) is 17.4 Å². The first-order valence-corrected chi connectivity index (χ1v) is 17.3. The molecule has 2 saturated carbocycles. The highest BCUT2D eigenvalue weighted by atomic mass is 16.5. The first-order chi connectivity index (χ1) is 24.2. The molecule has 5 atom stereocenters. The molecule has 3 aromatic carbocycles. The van der Waals surface area contributed by atoms with Crippen molar-refractivity contribution in [1.29, 1.82) is 0 Å². The van der Waals surface area contributed by atoms with Crippen LogP contribution in [0.4, 0.5) is 0 Å². The van der Waals surface area contributed by atoms with Crippen LogP contribution in [-0.4, -0.2) is 57.8 Å². The van der Waals surface area contributed by atoms with E-state index in [4.69, 9.17) is 14.2 Å². The summed E-state index contributed by atoms with van der Waals surface area (Å²) in [5.41, 5.74) is 2.64. The number of benzene rings is 3. The molecule has 2 fully saturated rings. The van der Waals surface area contributed by atoms with Crippen LogP contribution < -0.4 is 9.47 Å². The molecular weight excluding hydrogens is 656 g/mol. The van der Waals surface area contributed by atoms with Crippen molar-refractivity contribution in [3.05, 3.63) is 74.8 Å². The lowest BCUT2D eigenvalue weighted by atomic mass is 9.55. The number of carboxylic acids is 1. The SMILES string of the molecule is CCC(=O)OC1CCC2C3CCc4cc(O)ccc4C3CCC12C.COc1cc(C)c(C(=O)Oc2cc(C)c(O)c(C(=O)O)c2C)c(O)c1C=O. The minimum Gasteiger partial charge on any atom is -0.508 e. The summed E-state index contributed by atoms with van der Waals surface area (Å²) in [6.45, 7) is 8.59. The molecule has 0 saturated heterocycles. The molecule has 3 aromatic rings. The van der Waals surface area contributed by atoms with Crippen molar-refractivity contribution >= 4 is 24.2 Å². The van der Waals surface area contributed by atoms with Crippen molar-refractivity contribution in [2.75, 3.05) is 7.11 Å². The highest BCUT2D eigenvalue weighted by Crippen LogP contribution is 2.61. The summed E-state index contributed by atoms with van der Waals surface area (Å²) < 4.78 is 16.1. The van der Waals surface area contributed by atoms with E-state index in [1.165, 1.54) is 70.4 Å². The van der Waals surface area contributed by atoms with Gasteiger partial charge >= 0.3 is 17.9 Å². The van der Waals surface area contributed by atoms with E-state index in [1.807, 2.05) is 19.1 Å². The zero-order chi connectivity index (χ0) is 37.4. The summed E-state index contributed by atoms with van der Waals surface area (Å²) >= 11 is 0. The number of fused-ring (bicyclic) bond motifs is 5. The Hall–Kier alpha value is -5.06. The van der Waals surface area contributed by atoms with Gasteiger partial charge in [-0.2, -0.15) is 0 Å². The van der Waals surface area contributed by atoms with Crippen molar-refractivity contribution < 1.29 is 53.8 Å². The van der Waals surface area contributed by atoms with Crippen molar-refractivity contribution in [3.8, 4) is 28.7 Å². The van der Waals surface area contributed by atoms with Crippen LogP contribution in [0.2, 0.25) is 0 Å². The Morgan fingerprint density at radius 2 is 1.63 bits per heavy atom. The van der Waals surface area contributed by atoms with Gasteiger partial charge in [0.1, 0.15) is 46.0 Å². The van der Waals surface area contributed by atoms with Crippen molar-refractivity contribution in [3.63, 3.8) is 0 Å². The molecule has 11 heteroatoms. The predicted octanol–water partition coefficient (Wildman–Crippen LogP) is 7.33. The van der Waals surface area contributed by atoms with Crippen LogP contribution in [0.5, 0.6) is 28.7 Å². The van der Waals surface area contributed by atoms with E-state index < -0.39 is 23.4 Å². The molecule has 3 aliphatic rings. The van der Waals surface area contributed by atoms with Crippen LogP contribution in [0.3, 0.4) is 0 Å². The van der Waals surface area contributed by atoms with Crippen molar-refractivity contribution in [2.45, 2.75) is 91.6 Å². The van der Waals surface area contributed by atoms with Crippen LogP contribution in [0.1, 0.15) is 117 Å². The number of aryl methyl sites for hydroxylation is 3. The molecule has 0 aliphatic heterocycles. The first kappa shape index (κ1) is 37.2. The summed E-state index contributed by atoms with van der Waals surface area (Å²) in [6.07, 6.45) is 7.73. The molecule has 4 N–H and O–H groups in total. The average molecular weight is 703 g/mol. The van der Waals surface area contributed by atoms with Crippen LogP contribution >= 0.6 is 0 Å². The zero-order valence-corrected chi connectivity index (χ0v) is 29.9. The molecule has 0 radical (unpaired) electrons. The lowest BCUT2D eigenvalue weighted by Crippen LogP contribution is -2.45. The van der Waals surface area contributed by atoms with E-state index >= 15 is 0 Å². The number of carbonyl (C=O) groups is 4. The predicted molar refractivity (Wildman–Crippen MR) is 187 cm³/mol. The van der Waals surface area contributed by atoms with E-state index in [2.05, 4.69) is 13.0 Å². The summed E-state index contributed by atoms with van der Waals surface area (Å²) in [4.78, 5) is 47.0. The Morgan fingerprint density at radius 1 is 0.922 bits per heavy atom. The lowest BCUT2D eigenvalue weighted by molar-refractivity contribution is -0.157. The Morgan fingerprint density at radius 3 is 2.27 bits per heavy atom. The molecule has 11 nitrogen and oxygen atoms in total. The standard InChI is InChI=1S/C21H28O3.C19H18O8/c1-3-20(23)24-19-9-8-18-17-6-4-13-12-14(22)5-7-15(13)16(17)10-11-21(18,19)2;1-8-5-13(26-4)11(7-20)17(22)14(8)19(25)27-12-6-9(2)16(21)15(10(12)3)18(23)24/h5,7,12,16-19,22H,3-4,6,8-11H2,1-2H3;5-7,21-22H,1-4H3,(H,23,24). The minimum absolute atomic E-state index is 0.0419. The van der Waals surface area contributed by atoms with Gasteiger partial charge in [0.25, 0.3) is 0 Å². The fourth-order valence-corrected chi connectivity index (χ4v) is 8.67. The number of phenolic OH excluding ortho intramolecular Hbond substituents is 2. The quantitative estimate of drug-likeness (QED) is 0.110. The number of aromatic hydroxyl groups is 3. The highest BCUT2D eigenvalue weighted by Gasteiger charge is 2.56. The smallest absolute Gasteiger partial charge is 0.347 e. The van der Waals surface area contributed by atoms with E-state index in [1.54, 1.807) is 0 Å². The van der Waals surface area contributed by atoms with Gasteiger partial charge in [-0.3, -0.25) is 9.59 Å². The van der Waals surface area contributed by atoms with E-state index in [-0.39, 0.29) is 56.8 Å². The topological polar surface area (TPSA) is 177 Å². The molecule has 51 heavy (non-hydrogen) atoms. The molecule has 0 amide bonds. The third-order valence-corrected chi connectivity index (χ3v) is 11.3. The van der Waals surface area contributed by atoms with Crippen LogP contribution in [0.25, 0.3) is 0 Å². The number of aldehydes is 1. The van der Waals surface area contributed by atoms with Gasteiger partial charge in [0.15, 0.2) is 6.29 Å². The fourth-order valence-electron chi connectivity index (χ4n) is 8.67. The molecule has 272 valence electrons. The lowest BCUT2D eigenvalue weighted by Gasteiger charge is -2.50. The number of carboxylic acid groups (broad SMARTS) is 1. The largest absolute Gasteiger partial charge is 0.508 e. The van der Waals surface area contributed by atoms with Gasteiger partial charge in [-0.15, -0.1) is 0 Å². The minimum atomic E-state index is -1.38.